The molecular weight excluding hydrogens is 460 g/mol. The number of carbonyl (C=O) groups excluding carboxylic acids is 4. The minimum absolute atomic E-state index is 0.344. The Morgan fingerprint density at radius 1 is 0.714 bits per heavy atom. The Morgan fingerprint density at radius 2 is 1.26 bits per heavy atom. The van der Waals surface area contributed by atoms with E-state index in [1.165, 1.54) is 0 Å². The van der Waals surface area contributed by atoms with Gasteiger partial charge in [0.25, 0.3) is 0 Å². The van der Waals surface area contributed by atoms with Crippen molar-refractivity contribution in [2.75, 3.05) is 7.11 Å². The minimum Gasteiger partial charge on any atom is -0.467 e. The van der Waals surface area contributed by atoms with Crippen molar-refractivity contribution < 1.29 is 47.6 Å². The zero-order chi connectivity index (χ0) is 25.5. The van der Waals surface area contributed by atoms with Crippen molar-refractivity contribution in [1.82, 2.24) is 0 Å². The molecule has 2 aromatic rings. The van der Waals surface area contributed by atoms with Gasteiger partial charge in [-0.25, -0.2) is 4.79 Å². The monoisotopic (exact) mass is 486 g/mol. The Kier molecular flexibility index (Phi) is 8.43. The lowest BCUT2D eigenvalue weighted by Gasteiger charge is -2.43. The van der Waals surface area contributed by atoms with E-state index in [1.807, 2.05) is 42.5 Å². The second kappa shape index (κ2) is 11.5. The largest absolute Gasteiger partial charge is 0.467 e. The molecule has 10 heteroatoms. The van der Waals surface area contributed by atoms with Crippen molar-refractivity contribution in [3.63, 3.8) is 0 Å². The Hall–Kier alpha value is -3.92. The molecule has 0 amide bonds. The van der Waals surface area contributed by atoms with Crippen LogP contribution in [0.4, 0.5) is 0 Å². The van der Waals surface area contributed by atoms with E-state index in [0.29, 0.717) is 11.3 Å². The highest BCUT2D eigenvalue weighted by atomic mass is 16.7. The number of esters is 4. The standard InChI is InChI=1S/C25H26O10/c1-14(26)31-20-21(32-15(2)27)23(33-16(3)28)25(35-22(20)24(29)30-4)34-19-13-9-8-12-18(19)17-10-6-5-7-11-17/h5-13,20-23,25H,1-4H3. The minimum atomic E-state index is -1.53. The van der Waals surface area contributed by atoms with Crippen LogP contribution in [-0.4, -0.2) is 61.7 Å². The molecule has 5 unspecified atom stereocenters. The molecule has 0 aromatic heterocycles. The Bertz CT molecular complexity index is 1070. The molecule has 0 aliphatic carbocycles. The molecule has 1 heterocycles. The second-order valence-corrected chi connectivity index (χ2v) is 7.65. The molecule has 1 saturated heterocycles. The molecule has 1 fully saturated rings. The van der Waals surface area contributed by atoms with Gasteiger partial charge in [0.2, 0.25) is 12.4 Å². The van der Waals surface area contributed by atoms with Crippen molar-refractivity contribution in [3.8, 4) is 16.9 Å². The zero-order valence-corrected chi connectivity index (χ0v) is 19.7. The van der Waals surface area contributed by atoms with Gasteiger partial charge < -0.3 is 28.4 Å². The molecule has 0 N–H and O–H groups in total. The van der Waals surface area contributed by atoms with Crippen LogP contribution >= 0.6 is 0 Å². The average molecular weight is 486 g/mol. The summed E-state index contributed by atoms with van der Waals surface area (Å²) in [6.07, 6.45) is -7.23. The fraction of sp³-hybridized carbons (Fsp3) is 0.360. The quantitative estimate of drug-likeness (QED) is 0.426. The van der Waals surface area contributed by atoms with E-state index >= 15 is 0 Å². The molecule has 10 nitrogen and oxygen atoms in total. The van der Waals surface area contributed by atoms with E-state index in [4.69, 9.17) is 28.4 Å². The SMILES string of the molecule is COC(=O)C1OC(Oc2ccccc2-c2ccccc2)C(OC(C)=O)C(OC(C)=O)C1OC(C)=O. The highest BCUT2D eigenvalue weighted by Crippen LogP contribution is 2.35. The first-order chi connectivity index (χ1) is 16.7. The van der Waals surface area contributed by atoms with Gasteiger partial charge in [-0.05, 0) is 11.6 Å². The molecule has 0 bridgehead atoms. The van der Waals surface area contributed by atoms with Crippen molar-refractivity contribution in [1.29, 1.82) is 0 Å². The second-order valence-electron chi connectivity index (χ2n) is 7.65. The van der Waals surface area contributed by atoms with Crippen LogP contribution in [0.2, 0.25) is 0 Å². The fourth-order valence-corrected chi connectivity index (χ4v) is 3.73. The van der Waals surface area contributed by atoms with Gasteiger partial charge in [0.15, 0.2) is 18.3 Å². The zero-order valence-electron chi connectivity index (χ0n) is 19.7. The van der Waals surface area contributed by atoms with Crippen molar-refractivity contribution in [2.45, 2.75) is 51.5 Å². The summed E-state index contributed by atoms with van der Waals surface area (Å²) in [5.41, 5.74) is 1.53. The van der Waals surface area contributed by atoms with Crippen LogP contribution in [-0.2, 0) is 42.9 Å². The summed E-state index contributed by atoms with van der Waals surface area (Å²) in [6, 6.07) is 16.4. The van der Waals surface area contributed by atoms with Gasteiger partial charge in [-0.1, -0.05) is 48.5 Å². The van der Waals surface area contributed by atoms with E-state index in [-0.39, 0.29) is 0 Å². The van der Waals surface area contributed by atoms with Gasteiger partial charge in [-0.2, -0.15) is 0 Å². The van der Waals surface area contributed by atoms with Crippen LogP contribution in [0.5, 0.6) is 5.75 Å². The maximum absolute atomic E-state index is 12.6. The smallest absolute Gasteiger partial charge is 0.339 e. The van der Waals surface area contributed by atoms with E-state index in [1.54, 1.807) is 12.1 Å². The normalized spacial score (nSPS) is 23.5. The predicted molar refractivity (Wildman–Crippen MR) is 120 cm³/mol. The van der Waals surface area contributed by atoms with Crippen LogP contribution in [0.15, 0.2) is 54.6 Å². The van der Waals surface area contributed by atoms with Gasteiger partial charge in [0.1, 0.15) is 5.75 Å². The third-order valence-corrected chi connectivity index (χ3v) is 5.05. The van der Waals surface area contributed by atoms with Crippen molar-refractivity contribution in [3.05, 3.63) is 54.6 Å². The lowest BCUT2D eigenvalue weighted by atomic mass is 9.97. The lowest BCUT2D eigenvalue weighted by molar-refractivity contribution is -0.282. The van der Waals surface area contributed by atoms with Gasteiger partial charge in [-0.15, -0.1) is 0 Å². The summed E-state index contributed by atoms with van der Waals surface area (Å²) in [6.45, 7) is 3.38. The van der Waals surface area contributed by atoms with Gasteiger partial charge in [-0.3, -0.25) is 14.4 Å². The molecule has 186 valence electrons. The van der Waals surface area contributed by atoms with Crippen LogP contribution in [0.1, 0.15) is 20.8 Å². The highest BCUT2D eigenvalue weighted by Gasteiger charge is 2.55. The summed E-state index contributed by atoms with van der Waals surface area (Å²) in [5, 5.41) is 0. The molecule has 1 aliphatic heterocycles. The molecule has 0 saturated carbocycles. The number of hydrogen-bond acceptors (Lipinski definition) is 10. The number of hydrogen-bond donors (Lipinski definition) is 0. The van der Waals surface area contributed by atoms with Crippen molar-refractivity contribution >= 4 is 23.9 Å². The van der Waals surface area contributed by atoms with E-state index in [2.05, 4.69) is 0 Å². The fourth-order valence-electron chi connectivity index (χ4n) is 3.73. The molecule has 3 rings (SSSR count). The van der Waals surface area contributed by atoms with Crippen LogP contribution < -0.4 is 4.74 Å². The molecule has 2 aromatic carbocycles. The maximum Gasteiger partial charge on any atom is 0.339 e. The Morgan fingerprint density at radius 3 is 1.86 bits per heavy atom. The van der Waals surface area contributed by atoms with Gasteiger partial charge in [0.05, 0.1) is 7.11 Å². The highest BCUT2D eigenvalue weighted by molar-refractivity contribution is 5.77. The van der Waals surface area contributed by atoms with E-state index in [0.717, 1.165) is 33.4 Å². The van der Waals surface area contributed by atoms with E-state index in [9.17, 15) is 19.2 Å². The summed E-state index contributed by atoms with van der Waals surface area (Å²) in [4.78, 5) is 48.2. The number of rotatable bonds is 7. The van der Waals surface area contributed by atoms with Crippen LogP contribution in [0.25, 0.3) is 11.1 Å². The molecule has 35 heavy (non-hydrogen) atoms. The summed E-state index contributed by atoms with van der Waals surface area (Å²) in [5.74, 6) is -2.84. The first-order valence-electron chi connectivity index (χ1n) is 10.8. The maximum atomic E-state index is 12.6. The molecule has 5 atom stereocenters. The third kappa shape index (κ3) is 6.36. The number of ether oxygens (including phenoxy) is 6. The predicted octanol–water partition coefficient (Wildman–Crippen LogP) is 2.43. The number of methoxy groups -OCH3 is 1. The Labute approximate surface area is 202 Å². The van der Waals surface area contributed by atoms with Gasteiger partial charge >= 0.3 is 23.9 Å². The Balaban J connectivity index is 2.06. The number of carbonyl (C=O) groups is 4. The first-order valence-corrected chi connectivity index (χ1v) is 10.8. The molecule has 0 spiro atoms. The van der Waals surface area contributed by atoms with E-state index < -0.39 is 54.6 Å². The van der Waals surface area contributed by atoms with Crippen LogP contribution in [0.3, 0.4) is 0 Å². The summed E-state index contributed by atoms with van der Waals surface area (Å²) in [7, 11) is 1.12. The van der Waals surface area contributed by atoms with Crippen molar-refractivity contribution in [2.24, 2.45) is 0 Å². The topological polar surface area (TPSA) is 124 Å². The van der Waals surface area contributed by atoms with Crippen LogP contribution in [0, 0.1) is 0 Å². The summed E-state index contributed by atoms with van der Waals surface area (Å²) >= 11 is 0. The number of benzene rings is 2. The lowest BCUT2D eigenvalue weighted by Crippen LogP contribution is -2.64. The summed E-state index contributed by atoms with van der Waals surface area (Å²) < 4.78 is 32.8. The molecular formula is C25H26O10. The van der Waals surface area contributed by atoms with Gasteiger partial charge in [0, 0.05) is 26.3 Å². The number of para-hydroxylation sites is 1. The third-order valence-electron chi connectivity index (χ3n) is 5.05. The average Bonchev–Trinajstić information content (AvgIpc) is 2.82. The first kappa shape index (κ1) is 25.7. The molecule has 1 aliphatic rings. The molecule has 0 radical (unpaired) electrons.